The molecule has 1 fully saturated rings. The first-order valence-corrected chi connectivity index (χ1v) is 6.11. The van der Waals surface area contributed by atoms with Crippen LogP contribution in [0.15, 0.2) is 22.7 Å². The molecule has 2 heterocycles. The van der Waals surface area contributed by atoms with E-state index in [1.54, 1.807) is 6.07 Å². The summed E-state index contributed by atoms with van der Waals surface area (Å²) in [4.78, 5) is 14.6. The van der Waals surface area contributed by atoms with Gasteiger partial charge in [0.2, 0.25) is 0 Å². The maximum Gasteiger partial charge on any atom is 0.292 e. The van der Waals surface area contributed by atoms with Gasteiger partial charge in [0.15, 0.2) is 5.82 Å². The van der Waals surface area contributed by atoms with E-state index in [-0.39, 0.29) is 23.2 Å². The zero-order valence-electron chi connectivity index (χ0n) is 10.5. The van der Waals surface area contributed by atoms with Crippen molar-refractivity contribution in [2.75, 3.05) is 18.9 Å². The minimum atomic E-state index is -0.541. The average Bonchev–Trinajstić information content (AvgIpc) is 3.09. The van der Waals surface area contributed by atoms with Gasteiger partial charge in [-0.3, -0.25) is 10.1 Å². The Hall–Kier alpha value is -2.48. The van der Waals surface area contributed by atoms with Crippen molar-refractivity contribution in [3.8, 4) is 11.5 Å². The zero-order chi connectivity index (χ0) is 14.1. The quantitative estimate of drug-likeness (QED) is 0.515. The van der Waals surface area contributed by atoms with Crippen LogP contribution in [-0.4, -0.2) is 28.3 Å². The van der Waals surface area contributed by atoms with E-state index < -0.39 is 4.92 Å². The SMILES string of the molecule is Nc1ccc(-c2nc(C3CCOC3)no2)cc1[N+](=O)[O-]. The molecular weight excluding hydrogens is 264 g/mol. The van der Waals surface area contributed by atoms with E-state index in [1.165, 1.54) is 12.1 Å². The summed E-state index contributed by atoms with van der Waals surface area (Å²) >= 11 is 0. The largest absolute Gasteiger partial charge is 0.393 e. The second-order valence-electron chi connectivity index (χ2n) is 4.55. The molecule has 1 aromatic heterocycles. The summed E-state index contributed by atoms with van der Waals surface area (Å²) < 4.78 is 10.4. The van der Waals surface area contributed by atoms with E-state index in [1.807, 2.05) is 0 Å². The van der Waals surface area contributed by atoms with Crippen LogP contribution in [0.25, 0.3) is 11.5 Å². The second kappa shape index (κ2) is 4.89. The minimum absolute atomic E-state index is 0.0997. The van der Waals surface area contributed by atoms with Gasteiger partial charge in [-0.2, -0.15) is 4.98 Å². The van der Waals surface area contributed by atoms with Crippen molar-refractivity contribution in [2.24, 2.45) is 0 Å². The summed E-state index contributed by atoms with van der Waals surface area (Å²) in [5, 5.41) is 14.8. The Bertz CT molecular complexity index is 649. The lowest BCUT2D eigenvalue weighted by Crippen LogP contribution is -1.99. The van der Waals surface area contributed by atoms with Gasteiger partial charge in [0.25, 0.3) is 11.6 Å². The number of hydrogen-bond donors (Lipinski definition) is 1. The molecule has 0 aliphatic carbocycles. The highest BCUT2D eigenvalue weighted by molar-refractivity contribution is 5.67. The number of nitrogens with two attached hydrogens (primary N) is 1. The first-order valence-electron chi connectivity index (χ1n) is 6.11. The van der Waals surface area contributed by atoms with Crippen LogP contribution in [0.3, 0.4) is 0 Å². The van der Waals surface area contributed by atoms with E-state index in [0.29, 0.717) is 24.6 Å². The number of nitrogen functional groups attached to an aromatic ring is 1. The second-order valence-corrected chi connectivity index (χ2v) is 4.55. The van der Waals surface area contributed by atoms with Gasteiger partial charge in [-0.1, -0.05) is 5.16 Å². The van der Waals surface area contributed by atoms with Crippen LogP contribution < -0.4 is 5.73 Å². The number of nitro groups is 1. The third-order valence-electron chi connectivity index (χ3n) is 3.21. The number of nitrogens with zero attached hydrogens (tertiary/aromatic N) is 3. The molecule has 1 aliphatic heterocycles. The van der Waals surface area contributed by atoms with Crippen LogP contribution in [-0.2, 0) is 4.74 Å². The normalized spacial score (nSPS) is 18.3. The lowest BCUT2D eigenvalue weighted by Gasteiger charge is -1.99. The van der Waals surface area contributed by atoms with Crippen molar-refractivity contribution < 1.29 is 14.2 Å². The van der Waals surface area contributed by atoms with Crippen LogP contribution in [0, 0.1) is 10.1 Å². The van der Waals surface area contributed by atoms with Gasteiger partial charge in [0.1, 0.15) is 5.69 Å². The van der Waals surface area contributed by atoms with Gasteiger partial charge in [0.05, 0.1) is 11.5 Å². The third-order valence-corrected chi connectivity index (χ3v) is 3.21. The molecule has 0 radical (unpaired) electrons. The molecule has 2 aromatic rings. The van der Waals surface area contributed by atoms with Crippen molar-refractivity contribution >= 4 is 11.4 Å². The predicted molar refractivity (Wildman–Crippen MR) is 69.0 cm³/mol. The molecule has 1 aromatic carbocycles. The topological polar surface area (TPSA) is 117 Å². The van der Waals surface area contributed by atoms with E-state index in [2.05, 4.69) is 10.1 Å². The molecule has 8 nitrogen and oxygen atoms in total. The molecule has 1 atom stereocenters. The van der Waals surface area contributed by atoms with Gasteiger partial charge in [-0.05, 0) is 18.6 Å². The van der Waals surface area contributed by atoms with Gasteiger partial charge >= 0.3 is 0 Å². The van der Waals surface area contributed by atoms with Crippen LogP contribution in [0.4, 0.5) is 11.4 Å². The summed E-state index contributed by atoms with van der Waals surface area (Å²) in [5.41, 5.74) is 5.95. The first kappa shape index (κ1) is 12.5. The molecule has 1 aliphatic rings. The van der Waals surface area contributed by atoms with Crippen molar-refractivity contribution in [3.05, 3.63) is 34.1 Å². The van der Waals surface area contributed by atoms with Crippen LogP contribution in [0.2, 0.25) is 0 Å². The lowest BCUT2D eigenvalue weighted by molar-refractivity contribution is -0.383. The first-order chi connectivity index (χ1) is 9.65. The number of rotatable bonds is 3. The molecule has 2 N–H and O–H groups in total. The van der Waals surface area contributed by atoms with E-state index in [9.17, 15) is 10.1 Å². The Labute approximate surface area is 113 Å². The highest BCUT2D eigenvalue weighted by Gasteiger charge is 2.24. The number of anilines is 1. The Morgan fingerprint density at radius 1 is 1.45 bits per heavy atom. The fraction of sp³-hybridized carbons (Fsp3) is 0.333. The van der Waals surface area contributed by atoms with Gasteiger partial charge in [-0.25, -0.2) is 0 Å². The number of ether oxygens (including phenoxy) is 1. The van der Waals surface area contributed by atoms with Gasteiger partial charge in [0, 0.05) is 24.2 Å². The molecule has 1 unspecified atom stereocenters. The standard InChI is InChI=1S/C12H12N4O4/c13-9-2-1-7(5-10(9)16(17)18)12-14-11(15-20-12)8-3-4-19-6-8/h1-2,5,8H,3-4,6,13H2. The molecule has 1 saturated heterocycles. The van der Waals surface area contributed by atoms with Crippen molar-refractivity contribution in [1.29, 1.82) is 0 Å². The van der Waals surface area contributed by atoms with Crippen molar-refractivity contribution in [2.45, 2.75) is 12.3 Å². The number of hydrogen-bond acceptors (Lipinski definition) is 7. The maximum absolute atomic E-state index is 10.9. The predicted octanol–water partition coefficient (Wildman–Crippen LogP) is 1.73. The number of aromatic nitrogens is 2. The minimum Gasteiger partial charge on any atom is -0.393 e. The molecule has 3 rings (SSSR count). The molecular formula is C12H12N4O4. The molecule has 20 heavy (non-hydrogen) atoms. The summed E-state index contributed by atoms with van der Waals surface area (Å²) in [5.74, 6) is 0.934. The summed E-state index contributed by atoms with van der Waals surface area (Å²) in [6.07, 6.45) is 0.848. The Balaban J connectivity index is 1.93. The fourth-order valence-corrected chi connectivity index (χ4v) is 2.09. The molecule has 104 valence electrons. The monoisotopic (exact) mass is 276 g/mol. The van der Waals surface area contributed by atoms with Crippen molar-refractivity contribution in [1.82, 2.24) is 10.1 Å². The smallest absolute Gasteiger partial charge is 0.292 e. The van der Waals surface area contributed by atoms with Crippen LogP contribution in [0.5, 0.6) is 0 Å². The molecule has 0 amide bonds. The average molecular weight is 276 g/mol. The Morgan fingerprint density at radius 3 is 3.00 bits per heavy atom. The maximum atomic E-state index is 10.9. The highest BCUT2D eigenvalue weighted by Crippen LogP contribution is 2.29. The van der Waals surface area contributed by atoms with Gasteiger partial charge in [-0.15, -0.1) is 0 Å². The Kier molecular flexibility index (Phi) is 3.07. The van der Waals surface area contributed by atoms with E-state index in [4.69, 9.17) is 15.0 Å². The highest BCUT2D eigenvalue weighted by atomic mass is 16.6. The van der Waals surface area contributed by atoms with Crippen LogP contribution in [0.1, 0.15) is 18.2 Å². The van der Waals surface area contributed by atoms with E-state index in [0.717, 1.165) is 6.42 Å². The van der Waals surface area contributed by atoms with Crippen molar-refractivity contribution in [3.63, 3.8) is 0 Å². The van der Waals surface area contributed by atoms with Crippen LogP contribution >= 0.6 is 0 Å². The van der Waals surface area contributed by atoms with Gasteiger partial charge < -0.3 is 15.0 Å². The molecule has 8 heteroatoms. The number of benzene rings is 1. The van der Waals surface area contributed by atoms with E-state index >= 15 is 0 Å². The summed E-state index contributed by atoms with van der Waals surface area (Å²) in [6, 6.07) is 4.40. The Morgan fingerprint density at radius 2 is 2.30 bits per heavy atom. The molecule has 0 saturated carbocycles. The molecule has 0 bridgehead atoms. The summed E-state index contributed by atoms with van der Waals surface area (Å²) in [7, 11) is 0. The fourth-order valence-electron chi connectivity index (χ4n) is 2.09. The zero-order valence-corrected chi connectivity index (χ0v) is 10.5. The third kappa shape index (κ3) is 2.21. The molecule has 0 spiro atoms. The lowest BCUT2D eigenvalue weighted by atomic mass is 10.1. The number of nitro benzene ring substituents is 1. The summed E-state index contributed by atoms with van der Waals surface area (Å²) in [6.45, 7) is 1.25.